The molecule has 21 heavy (non-hydrogen) atoms. The molecule has 7 heteroatoms. The SMILES string of the molecule is CCOCC(=O)N1CC[C@@H](Oc2cncc(N(C)C)n2)C1. The van der Waals surface area contributed by atoms with Gasteiger partial charge < -0.3 is 19.3 Å². The van der Waals surface area contributed by atoms with Crippen molar-refractivity contribution in [2.75, 3.05) is 45.3 Å². The second kappa shape index (κ2) is 7.21. The van der Waals surface area contributed by atoms with Gasteiger partial charge in [0, 0.05) is 33.7 Å². The first kappa shape index (κ1) is 15.5. The van der Waals surface area contributed by atoms with E-state index in [0.717, 1.165) is 12.2 Å². The fourth-order valence-corrected chi connectivity index (χ4v) is 2.11. The summed E-state index contributed by atoms with van der Waals surface area (Å²) in [6.45, 7) is 3.82. The maximum atomic E-state index is 11.9. The molecule has 1 aromatic rings. The highest BCUT2D eigenvalue weighted by atomic mass is 16.5. The van der Waals surface area contributed by atoms with E-state index in [1.807, 2.05) is 25.9 Å². The number of aromatic nitrogens is 2. The van der Waals surface area contributed by atoms with Crippen LogP contribution in [0, 0.1) is 0 Å². The van der Waals surface area contributed by atoms with Crippen molar-refractivity contribution >= 4 is 11.7 Å². The normalized spacial score (nSPS) is 17.9. The second-order valence-electron chi connectivity index (χ2n) is 5.12. The van der Waals surface area contributed by atoms with Crippen molar-refractivity contribution in [1.29, 1.82) is 0 Å². The van der Waals surface area contributed by atoms with Crippen LogP contribution < -0.4 is 9.64 Å². The molecule has 116 valence electrons. The summed E-state index contributed by atoms with van der Waals surface area (Å²) < 4.78 is 11.0. The van der Waals surface area contributed by atoms with E-state index in [4.69, 9.17) is 9.47 Å². The lowest BCUT2D eigenvalue weighted by atomic mass is 10.3. The van der Waals surface area contributed by atoms with Crippen LogP contribution in [-0.2, 0) is 9.53 Å². The predicted octanol–water partition coefficient (Wildman–Crippen LogP) is 0.559. The smallest absolute Gasteiger partial charge is 0.248 e. The molecule has 0 N–H and O–H groups in total. The van der Waals surface area contributed by atoms with Crippen LogP contribution in [0.1, 0.15) is 13.3 Å². The Morgan fingerprint density at radius 2 is 2.29 bits per heavy atom. The maximum Gasteiger partial charge on any atom is 0.248 e. The van der Waals surface area contributed by atoms with Gasteiger partial charge in [0.05, 0.1) is 18.9 Å². The lowest BCUT2D eigenvalue weighted by Crippen LogP contribution is -2.33. The zero-order valence-electron chi connectivity index (χ0n) is 12.8. The summed E-state index contributed by atoms with van der Waals surface area (Å²) in [5.74, 6) is 1.25. The van der Waals surface area contributed by atoms with Crippen LogP contribution in [0.3, 0.4) is 0 Å². The van der Waals surface area contributed by atoms with Crippen molar-refractivity contribution in [2.24, 2.45) is 0 Å². The maximum absolute atomic E-state index is 11.9. The monoisotopic (exact) mass is 294 g/mol. The van der Waals surface area contributed by atoms with Crippen LogP contribution in [0.25, 0.3) is 0 Å². The fraction of sp³-hybridized carbons (Fsp3) is 0.643. The van der Waals surface area contributed by atoms with Crippen LogP contribution >= 0.6 is 0 Å². The minimum Gasteiger partial charge on any atom is -0.471 e. The van der Waals surface area contributed by atoms with Crippen molar-refractivity contribution in [3.05, 3.63) is 12.4 Å². The van der Waals surface area contributed by atoms with E-state index in [-0.39, 0.29) is 18.6 Å². The molecule has 1 amide bonds. The third-order valence-corrected chi connectivity index (χ3v) is 3.27. The lowest BCUT2D eigenvalue weighted by Gasteiger charge is -2.17. The zero-order chi connectivity index (χ0) is 15.2. The van der Waals surface area contributed by atoms with Crippen LogP contribution in [0.5, 0.6) is 5.88 Å². The molecule has 1 saturated heterocycles. The molecule has 0 spiro atoms. The summed E-state index contributed by atoms with van der Waals surface area (Å²) in [5, 5.41) is 0. The van der Waals surface area contributed by atoms with Gasteiger partial charge in [-0.1, -0.05) is 0 Å². The Kier molecular flexibility index (Phi) is 5.32. The number of hydrogen-bond acceptors (Lipinski definition) is 6. The summed E-state index contributed by atoms with van der Waals surface area (Å²) in [6.07, 6.45) is 4.03. The summed E-state index contributed by atoms with van der Waals surface area (Å²) in [5.41, 5.74) is 0. The van der Waals surface area contributed by atoms with Gasteiger partial charge in [-0.2, -0.15) is 4.98 Å². The van der Waals surface area contributed by atoms with E-state index in [0.29, 0.717) is 25.6 Å². The zero-order valence-corrected chi connectivity index (χ0v) is 12.8. The quantitative estimate of drug-likeness (QED) is 0.763. The highest BCUT2D eigenvalue weighted by molar-refractivity contribution is 5.77. The van der Waals surface area contributed by atoms with Crippen molar-refractivity contribution in [2.45, 2.75) is 19.4 Å². The Morgan fingerprint density at radius 1 is 1.48 bits per heavy atom. The van der Waals surface area contributed by atoms with E-state index in [2.05, 4.69) is 9.97 Å². The average molecular weight is 294 g/mol. The van der Waals surface area contributed by atoms with E-state index < -0.39 is 0 Å². The van der Waals surface area contributed by atoms with Gasteiger partial charge in [0.2, 0.25) is 11.8 Å². The number of anilines is 1. The molecule has 0 unspecified atom stereocenters. The molecule has 0 aliphatic carbocycles. The number of amides is 1. The molecule has 2 heterocycles. The largest absolute Gasteiger partial charge is 0.471 e. The molecule has 1 fully saturated rings. The number of hydrogen-bond donors (Lipinski definition) is 0. The molecule has 0 saturated carbocycles. The molecular weight excluding hydrogens is 272 g/mol. The first-order chi connectivity index (χ1) is 10.1. The summed E-state index contributed by atoms with van der Waals surface area (Å²) >= 11 is 0. The van der Waals surface area contributed by atoms with Crippen molar-refractivity contribution < 1.29 is 14.3 Å². The Labute approximate surface area is 124 Å². The molecule has 0 aromatic carbocycles. The van der Waals surface area contributed by atoms with Crippen LogP contribution in [0.2, 0.25) is 0 Å². The van der Waals surface area contributed by atoms with Crippen molar-refractivity contribution in [1.82, 2.24) is 14.9 Å². The summed E-state index contributed by atoms with van der Waals surface area (Å²) in [6, 6.07) is 0. The molecule has 0 radical (unpaired) electrons. The Bertz CT molecular complexity index is 481. The van der Waals surface area contributed by atoms with Gasteiger partial charge in [0.15, 0.2) is 5.82 Å². The average Bonchev–Trinajstić information content (AvgIpc) is 2.93. The van der Waals surface area contributed by atoms with E-state index in [9.17, 15) is 4.79 Å². The molecule has 1 aliphatic heterocycles. The fourth-order valence-electron chi connectivity index (χ4n) is 2.11. The second-order valence-corrected chi connectivity index (χ2v) is 5.12. The Hall–Kier alpha value is -1.89. The van der Waals surface area contributed by atoms with Crippen LogP contribution in [0.4, 0.5) is 5.82 Å². The van der Waals surface area contributed by atoms with E-state index >= 15 is 0 Å². The molecule has 2 rings (SSSR count). The number of carbonyl (C=O) groups excluding carboxylic acids is 1. The minimum atomic E-state index is -0.0395. The van der Waals surface area contributed by atoms with Crippen molar-refractivity contribution in [3.8, 4) is 5.88 Å². The predicted molar refractivity (Wildman–Crippen MR) is 78.5 cm³/mol. The standard InChI is InChI=1S/C14H22N4O3/c1-4-20-10-14(19)18-6-5-11(9-18)21-13-8-15-7-12(16-13)17(2)3/h7-8,11H,4-6,9-10H2,1-3H3/t11-/m1/s1. The Morgan fingerprint density at radius 3 is 3.00 bits per heavy atom. The molecule has 0 bridgehead atoms. The highest BCUT2D eigenvalue weighted by Gasteiger charge is 2.27. The van der Waals surface area contributed by atoms with Gasteiger partial charge in [-0.25, -0.2) is 0 Å². The summed E-state index contributed by atoms with van der Waals surface area (Å²) in [4.78, 5) is 24.0. The van der Waals surface area contributed by atoms with Gasteiger partial charge in [-0.05, 0) is 6.92 Å². The van der Waals surface area contributed by atoms with Crippen LogP contribution in [0.15, 0.2) is 12.4 Å². The van der Waals surface area contributed by atoms with Crippen molar-refractivity contribution in [3.63, 3.8) is 0 Å². The number of rotatable bonds is 6. The highest BCUT2D eigenvalue weighted by Crippen LogP contribution is 2.18. The molecular formula is C14H22N4O3. The van der Waals surface area contributed by atoms with Crippen LogP contribution in [-0.4, -0.2) is 67.3 Å². The first-order valence-electron chi connectivity index (χ1n) is 7.11. The number of carbonyl (C=O) groups is 1. The third kappa shape index (κ3) is 4.29. The number of likely N-dealkylation sites (tertiary alicyclic amines) is 1. The molecule has 1 aliphatic rings. The first-order valence-corrected chi connectivity index (χ1v) is 7.11. The lowest BCUT2D eigenvalue weighted by molar-refractivity contribution is -0.135. The minimum absolute atomic E-state index is 0.0103. The van der Waals surface area contributed by atoms with Gasteiger partial charge in [0.1, 0.15) is 12.7 Å². The number of ether oxygens (including phenoxy) is 2. The Balaban J connectivity index is 1.87. The topological polar surface area (TPSA) is 67.8 Å². The molecule has 7 nitrogen and oxygen atoms in total. The molecule has 1 aromatic heterocycles. The number of nitrogens with zero attached hydrogens (tertiary/aromatic N) is 4. The van der Waals surface area contributed by atoms with E-state index in [1.54, 1.807) is 17.3 Å². The van der Waals surface area contributed by atoms with Gasteiger partial charge >= 0.3 is 0 Å². The van der Waals surface area contributed by atoms with Gasteiger partial charge in [0.25, 0.3) is 0 Å². The molecule has 1 atom stereocenters. The van der Waals surface area contributed by atoms with Gasteiger partial charge in [-0.15, -0.1) is 0 Å². The van der Waals surface area contributed by atoms with E-state index in [1.165, 1.54) is 0 Å². The summed E-state index contributed by atoms with van der Waals surface area (Å²) in [7, 11) is 3.80. The third-order valence-electron chi connectivity index (χ3n) is 3.27. The van der Waals surface area contributed by atoms with Gasteiger partial charge in [-0.3, -0.25) is 9.78 Å².